The second-order valence-corrected chi connectivity index (χ2v) is 6.00. The van der Waals surface area contributed by atoms with E-state index in [1.165, 1.54) is 28.7 Å². The predicted molar refractivity (Wildman–Crippen MR) is 92.0 cm³/mol. The lowest BCUT2D eigenvalue weighted by Crippen LogP contribution is -2.23. The molecule has 0 aliphatic carbocycles. The van der Waals surface area contributed by atoms with Crippen molar-refractivity contribution in [1.29, 1.82) is 0 Å². The van der Waals surface area contributed by atoms with Gasteiger partial charge in [0.2, 0.25) is 0 Å². The molecule has 1 atom stereocenters. The molecule has 0 amide bonds. The van der Waals surface area contributed by atoms with Gasteiger partial charge in [0.1, 0.15) is 0 Å². The van der Waals surface area contributed by atoms with Crippen LogP contribution < -0.4 is 5.32 Å². The van der Waals surface area contributed by atoms with Crippen LogP contribution >= 0.6 is 0 Å². The van der Waals surface area contributed by atoms with E-state index in [9.17, 15) is 0 Å². The Kier molecular flexibility index (Phi) is 6.01. The van der Waals surface area contributed by atoms with Gasteiger partial charge in [0.15, 0.2) is 0 Å². The first-order chi connectivity index (χ1) is 10.2. The van der Waals surface area contributed by atoms with Crippen LogP contribution in [-0.4, -0.2) is 13.1 Å². The van der Waals surface area contributed by atoms with Crippen LogP contribution in [0.25, 0.3) is 0 Å². The molecule has 1 heteroatoms. The highest BCUT2D eigenvalue weighted by molar-refractivity contribution is 5.29. The molecular formula is C20H27N. The SMILES string of the molecule is CCCNCC(Cc1ccc(C)cc1)c1cccc(C)c1. The summed E-state index contributed by atoms with van der Waals surface area (Å²) in [7, 11) is 0. The van der Waals surface area contributed by atoms with Gasteiger partial charge in [0.25, 0.3) is 0 Å². The molecule has 0 aromatic heterocycles. The molecule has 0 aliphatic rings. The van der Waals surface area contributed by atoms with Crippen molar-refractivity contribution in [3.8, 4) is 0 Å². The van der Waals surface area contributed by atoms with E-state index in [1.807, 2.05) is 0 Å². The smallest absolute Gasteiger partial charge is 0.00233 e. The fraction of sp³-hybridized carbons (Fsp3) is 0.400. The number of hydrogen-bond donors (Lipinski definition) is 1. The second-order valence-electron chi connectivity index (χ2n) is 6.00. The maximum absolute atomic E-state index is 3.58. The van der Waals surface area contributed by atoms with Crippen molar-refractivity contribution in [3.63, 3.8) is 0 Å². The Morgan fingerprint density at radius 3 is 2.38 bits per heavy atom. The van der Waals surface area contributed by atoms with Crippen LogP contribution in [0.4, 0.5) is 0 Å². The first-order valence-electron chi connectivity index (χ1n) is 8.02. The van der Waals surface area contributed by atoms with Crippen molar-refractivity contribution in [1.82, 2.24) is 5.32 Å². The Labute approximate surface area is 129 Å². The molecule has 1 nitrogen and oxygen atoms in total. The molecule has 1 N–H and O–H groups in total. The normalized spacial score (nSPS) is 12.3. The molecule has 0 spiro atoms. The molecule has 0 radical (unpaired) electrons. The van der Waals surface area contributed by atoms with Gasteiger partial charge in [-0.1, -0.05) is 66.6 Å². The van der Waals surface area contributed by atoms with Crippen molar-refractivity contribution in [2.24, 2.45) is 0 Å². The Hall–Kier alpha value is -1.60. The third kappa shape index (κ3) is 5.02. The van der Waals surface area contributed by atoms with Gasteiger partial charge in [-0.05, 0) is 44.4 Å². The number of rotatable bonds is 7. The summed E-state index contributed by atoms with van der Waals surface area (Å²) in [6, 6.07) is 17.9. The first-order valence-corrected chi connectivity index (χ1v) is 8.02. The Morgan fingerprint density at radius 2 is 1.71 bits per heavy atom. The quantitative estimate of drug-likeness (QED) is 0.730. The molecular weight excluding hydrogens is 254 g/mol. The zero-order valence-corrected chi connectivity index (χ0v) is 13.5. The minimum absolute atomic E-state index is 0.541. The van der Waals surface area contributed by atoms with Crippen molar-refractivity contribution in [2.75, 3.05) is 13.1 Å². The van der Waals surface area contributed by atoms with Crippen molar-refractivity contribution in [2.45, 2.75) is 39.5 Å². The van der Waals surface area contributed by atoms with Gasteiger partial charge in [-0.2, -0.15) is 0 Å². The number of hydrogen-bond acceptors (Lipinski definition) is 1. The summed E-state index contributed by atoms with van der Waals surface area (Å²) in [4.78, 5) is 0. The second kappa shape index (κ2) is 7.99. The first kappa shape index (κ1) is 15.8. The maximum Gasteiger partial charge on any atom is 0.00233 e. The fourth-order valence-corrected chi connectivity index (χ4v) is 2.69. The van der Waals surface area contributed by atoms with Crippen LogP contribution in [-0.2, 0) is 6.42 Å². The van der Waals surface area contributed by atoms with E-state index in [1.54, 1.807) is 0 Å². The molecule has 0 saturated carbocycles. The van der Waals surface area contributed by atoms with Crippen LogP contribution in [0.2, 0.25) is 0 Å². The minimum Gasteiger partial charge on any atom is -0.316 e. The standard InChI is InChI=1S/C20H27N/c1-4-12-21-15-20(19-7-5-6-17(3)13-19)14-18-10-8-16(2)9-11-18/h5-11,13,20-21H,4,12,14-15H2,1-3H3. The number of nitrogens with one attached hydrogen (secondary N) is 1. The van der Waals surface area contributed by atoms with Gasteiger partial charge in [0.05, 0.1) is 0 Å². The molecule has 112 valence electrons. The largest absolute Gasteiger partial charge is 0.316 e. The lowest BCUT2D eigenvalue weighted by atomic mass is 9.90. The predicted octanol–water partition coefficient (Wildman–Crippen LogP) is 4.63. The van der Waals surface area contributed by atoms with Crippen LogP contribution in [0, 0.1) is 13.8 Å². The average Bonchev–Trinajstić information content (AvgIpc) is 2.48. The highest BCUT2D eigenvalue weighted by atomic mass is 14.8. The average molecular weight is 281 g/mol. The summed E-state index contributed by atoms with van der Waals surface area (Å²) in [5.74, 6) is 0.541. The van der Waals surface area contributed by atoms with Crippen LogP contribution in [0.1, 0.15) is 41.5 Å². The lowest BCUT2D eigenvalue weighted by molar-refractivity contribution is 0.576. The molecule has 0 aliphatic heterocycles. The molecule has 21 heavy (non-hydrogen) atoms. The number of aryl methyl sites for hydroxylation is 2. The lowest BCUT2D eigenvalue weighted by Gasteiger charge is -2.19. The van der Waals surface area contributed by atoms with E-state index in [0.29, 0.717) is 5.92 Å². The van der Waals surface area contributed by atoms with Crippen molar-refractivity contribution >= 4 is 0 Å². The monoisotopic (exact) mass is 281 g/mol. The van der Waals surface area contributed by atoms with Crippen LogP contribution in [0.15, 0.2) is 48.5 Å². The topological polar surface area (TPSA) is 12.0 Å². The summed E-state index contributed by atoms with van der Waals surface area (Å²) in [6.45, 7) is 8.67. The molecule has 2 rings (SSSR count). The fourth-order valence-electron chi connectivity index (χ4n) is 2.69. The van der Waals surface area contributed by atoms with Crippen molar-refractivity contribution < 1.29 is 0 Å². The maximum atomic E-state index is 3.58. The number of benzene rings is 2. The highest BCUT2D eigenvalue weighted by Crippen LogP contribution is 2.21. The van der Waals surface area contributed by atoms with E-state index >= 15 is 0 Å². The summed E-state index contributed by atoms with van der Waals surface area (Å²) in [5, 5.41) is 3.58. The molecule has 0 fully saturated rings. The molecule has 2 aromatic rings. The van der Waals surface area contributed by atoms with Gasteiger partial charge in [-0.25, -0.2) is 0 Å². The van der Waals surface area contributed by atoms with Gasteiger partial charge in [0, 0.05) is 12.5 Å². The van der Waals surface area contributed by atoms with Gasteiger partial charge >= 0.3 is 0 Å². The Morgan fingerprint density at radius 1 is 0.952 bits per heavy atom. The molecule has 2 aromatic carbocycles. The van der Waals surface area contributed by atoms with E-state index in [2.05, 4.69) is 74.6 Å². The van der Waals surface area contributed by atoms with Gasteiger partial charge < -0.3 is 5.32 Å². The summed E-state index contributed by atoms with van der Waals surface area (Å²) in [6.07, 6.45) is 2.28. The summed E-state index contributed by atoms with van der Waals surface area (Å²) >= 11 is 0. The van der Waals surface area contributed by atoms with E-state index in [0.717, 1.165) is 19.5 Å². The van der Waals surface area contributed by atoms with E-state index < -0.39 is 0 Å². The molecule has 0 saturated heterocycles. The third-order valence-electron chi connectivity index (χ3n) is 3.93. The van der Waals surface area contributed by atoms with Crippen LogP contribution in [0.3, 0.4) is 0 Å². The summed E-state index contributed by atoms with van der Waals surface area (Å²) < 4.78 is 0. The van der Waals surface area contributed by atoms with E-state index in [4.69, 9.17) is 0 Å². The third-order valence-corrected chi connectivity index (χ3v) is 3.93. The van der Waals surface area contributed by atoms with E-state index in [-0.39, 0.29) is 0 Å². The molecule has 1 unspecified atom stereocenters. The zero-order chi connectivity index (χ0) is 15.1. The zero-order valence-electron chi connectivity index (χ0n) is 13.5. The minimum atomic E-state index is 0.541. The Balaban J connectivity index is 2.13. The van der Waals surface area contributed by atoms with Gasteiger partial charge in [-0.3, -0.25) is 0 Å². The Bertz CT molecular complexity index is 542. The van der Waals surface area contributed by atoms with Crippen molar-refractivity contribution in [3.05, 3.63) is 70.8 Å². The highest BCUT2D eigenvalue weighted by Gasteiger charge is 2.12. The molecule has 0 heterocycles. The summed E-state index contributed by atoms with van der Waals surface area (Å²) in [5.41, 5.74) is 5.54. The van der Waals surface area contributed by atoms with Gasteiger partial charge in [-0.15, -0.1) is 0 Å². The van der Waals surface area contributed by atoms with Crippen LogP contribution in [0.5, 0.6) is 0 Å². The molecule has 0 bridgehead atoms.